The van der Waals surface area contributed by atoms with E-state index in [0.29, 0.717) is 6.54 Å². The Balaban J connectivity index is 1.30. The van der Waals surface area contributed by atoms with E-state index in [2.05, 4.69) is 51.2 Å². The van der Waals surface area contributed by atoms with Gasteiger partial charge in [-0.3, -0.25) is 14.6 Å². The molecule has 1 saturated heterocycles. The molecule has 1 N–H and O–H groups in total. The largest absolute Gasteiger partial charge is 0.358 e. The first-order valence-electron chi connectivity index (χ1n) is 9.97. The third kappa shape index (κ3) is 4.24. The summed E-state index contributed by atoms with van der Waals surface area (Å²) in [6, 6.07) is 18.4. The number of piperazine rings is 1. The van der Waals surface area contributed by atoms with Crippen molar-refractivity contribution in [1.82, 2.24) is 14.8 Å². The Hall–Kier alpha value is -2.69. The molecule has 0 spiro atoms. The van der Waals surface area contributed by atoms with Crippen LogP contribution in [0, 0.1) is 6.92 Å². The number of carbonyl (C=O) groups is 1. The highest BCUT2D eigenvalue weighted by atomic mass is 16.1. The van der Waals surface area contributed by atoms with Crippen LogP contribution in [0.1, 0.15) is 21.6 Å². The summed E-state index contributed by atoms with van der Waals surface area (Å²) in [7, 11) is 0. The van der Waals surface area contributed by atoms with Gasteiger partial charge >= 0.3 is 0 Å². The van der Waals surface area contributed by atoms with Gasteiger partial charge in [-0.05, 0) is 18.6 Å². The van der Waals surface area contributed by atoms with Crippen molar-refractivity contribution in [2.45, 2.75) is 6.92 Å². The predicted octanol–water partition coefficient (Wildman–Crippen LogP) is 3.99. The van der Waals surface area contributed by atoms with Crippen molar-refractivity contribution in [3.8, 4) is 0 Å². The van der Waals surface area contributed by atoms with Crippen LogP contribution in [-0.4, -0.2) is 59.8 Å². The average molecular weight is 374 g/mol. The number of nitrogens with zero attached hydrogens (tertiary/aromatic N) is 2. The summed E-state index contributed by atoms with van der Waals surface area (Å²) in [5, 5.41) is 1.04. The third-order valence-electron chi connectivity index (χ3n) is 5.48. The molecule has 0 radical (unpaired) electrons. The second kappa shape index (κ2) is 8.55. The molecule has 2 aromatic carbocycles. The predicted molar refractivity (Wildman–Crippen MR) is 116 cm³/mol. The number of carbonyl (C=O) groups excluding carboxylic acids is 1. The molecule has 0 aliphatic carbocycles. The van der Waals surface area contributed by atoms with Crippen LogP contribution in [0.25, 0.3) is 17.0 Å². The van der Waals surface area contributed by atoms with Gasteiger partial charge in [-0.2, -0.15) is 0 Å². The number of benzene rings is 2. The highest BCUT2D eigenvalue weighted by Gasteiger charge is 2.21. The lowest BCUT2D eigenvalue weighted by molar-refractivity contribution is 0.0866. The number of aromatic nitrogens is 1. The fourth-order valence-corrected chi connectivity index (χ4v) is 3.95. The van der Waals surface area contributed by atoms with Gasteiger partial charge in [0.05, 0.1) is 6.54 Å². The zero-order chi connectivity index (χ0) is 19.3. The van der Waals surface area contributed by atoms with Crippen molar-refractivity contribution in [3.05, 3.63) is 77.5 Å². The number of hydrogen-bond acceptors (Lipinski definition) is 3. The summed E-state index contributed by atoms with van der Waals surface area (Å²) in [6.45, 7) is 7.32. The maximum Gasteiger partial charge on any atom is 0.179 e. The summed E-state index contributed by atoms with van der Waals surface area (Å²) in [6.07, 6.45) is 4.40. The van der Waals surface area contributed by atoms with E-state index in [1.165, 1.54) is 5.56 Å². The molecule has 4 nitrogen and oxygen atoms in total. The van der Waals surface area contributed by atoms with E-state index in [0.717, 1.165) is 54.9 Å². The van der Waals surface area contributed by atoms with E-state index in [9.17, 15) is 4.79 Å². The highest BCUT2D eigenvalue weighted by molar-refractivity contribution is 6.10. The second-order valence-corrected chi connectivity index (χ2v) is 7.48. The van der Waals surface area contributed by atoms with Crippen molar-refractivity contribution >= 4 is 22.8 Å². The summed E-state index contributed by atoms with van der Waals surface area (Å²) in [5.41, 5.74) is 4.10. The number of para-hydroxylation sites is 1. The number of rotatable bonds is 6. The average Bonchev–Trinajstić information content (AvgIpc) is 3.06. The molecule has 0 unspecified atom stereocenters. The number of aromatic amines is 1. The van der Waals surface area contributed by atoms with E-state index in [1.807, 2.05) is 37.3 Å². The minimum absolute atomic E-state index is 0.215. The Labute approximate surface area is 166 Å². The van der Waals surface area contributed by atoms with Crippen LogP contribution in [0.2, 0.25) is 0 Å². The van der Waals surface area contributed by atoms with Gasteiger partial charge in [-0.25, -0.2) is 0 Å². The molecule has 4 rings (SSSR count). The first kappa shape index (κ1) is 18.7. The molecule has 1 aliphatic rings. The van der Waals surface area contributed by atoms with Gasteiger partial charge in [0.15, 0.2) is 5.78 Å². The van der Waals surface area contributed by atoms with Gasteiger partial charge in [0.1, 0.15) is 0 Å². The monoisotopic (exact) mass is 373 g/mol. The van der Waals surface area contributed by atoms with Crippen molar-refractivity contribution in [3.63, 3.8) is 0 Å². The maximum atomic E-state index is 12.9. The SMILES string of the molecule is Cc1[nH]c2ccccc2c1C(=O)CN1CCN(CC=Cc2ccccc2)CC1. The zero-order valence-corrected chi connectivity index (χ0v) is 16.4. The van der Waals surface area contributed by atoms with Gasteiger partial charge in [-0.15, -0.1) is 0 Å². The molecule has 2 heterocycles. The number of H-pyrrole nitrogens is 1. The molecular formula is C24H27N3O. The normalized spacial score (nSPS) is 16.2. The Bertz CT molecular complexity index is 966. The number of nitrogens with one attached hydrogen (secondary N) is 1. The number of ketones is 1. The van der Waals surface area contributed by atoms with Crippen molar-refractivity contribution in [2.24, 2.45) is 0 Å². The topological polar surface area (TPSA) is 39.3 Å². The number of Topliss-reactive ketones (excluding diaryl/α,β-unsaturated/α-hetero) is 1. The number of aryl methyl sites for hydroxylation is 1. The van der Waals surface area contributed by atoms with Gasteiger partial charge < -0.3 is 4.98 Å². The van der Waals surface area contributed by atoms with Crippen LogP contribution in [0.3, 0.4) is 0 Å². The minimum atomic E-state index is 0.215. The van der Waals surface area contributed by atoms with Crippen LogP contribution in [0.4, 0.5) is 0 Å². The quantitative estimate of drug-likeness (QED) is 0.664. The lowest BCUT2D eigenvalue weighted by atomic mass is 10.1. The molecule has 3 aromatic rings. The lowest BCUT2D eigenvalue weighted by Crippen LogP contribution is -2.47. The summed E-state index contributed by atoms with van der Waals surface area (Å²) >= 11 is 0. The molecule has 28 heavy (non-hydrogen) atoms. The maximum absolute atomic E-state index is 12.9. The smallest absolute Gasteiger partial charge is 0.179 e. The molecule has 0 amide bonds. The zero-order valence-electron chi connectivity index (χ0n) is 16.4. The van der Waals surface area contributed by atoms with Gasteiger partial charge in [0.2, 0.25) is 0 Å². The lowest BCUT2D eigenvalue weighted by Gasteiger charge is -2.33. The number of fused-ring (bicyclic) bond motifs is 1. The molecule has 144 valence electrons. The highest BCUT2D eigenvalue weighted by Crippen LogP contribution is 2.22. The van der Waals surface area contributed by atoms with Gasteiger partial charge in [-0.1, -0.05) is 60.7 Å². The van der Waals surface area contributed by atoms with Crippen LogP contribution in [-0.2, 0) is 0 Å². The van der Waals surface area contributed by atoms with Gasteiger partial charge in [0.25, 0.3) is 0 Å². The van der Waals surface area contributed by atoms with Crippen molar-refractivity contribution in [2.75, 3.05) is 39.3 Å². The van der Waals surface area contributed by atoms with Crippen molar-refractivity contribution < 1.29 is 4.79 Å². The van der Waals surface area contributed by atoms with E-state index < -0.39 is 0 Å². The third-order valence-corrected chi connectivity index (χ3v) is 5.48. The Morgan fingerprint density at radius 2 is 1.64 bits per heavy atom. The van der Waals surface area contributed by atoms with Crippen LogP contribution in [0.15, 0.2) is 60.7 Å². The van der Waals surface area contributed by atoms with Gasteiger partial charge in [0, 0.05) is 54.9 Å². The Morgan fingerprint density at radius 3 is 2.43 bits per heavy atom. The minimum Gasteiger partial charge on any atom is -0.358 e. The van der Waals surface area contributed by atoms with E-state index in [4.69, 9.17) is 0 Å². The Morgan fingerprint density at radius 1 is 0.964 bits per heavy atom. The van der Waals surface area contributed by atoms with Crippen molar-refractivity contribution in [1.29, 1.82) is 0 Å². The van der Waals surface area contributed by atoms with Crippen LogP contribution < -0.4 is 0 Å². The van der Waals surface area contributed by atoms with Crippen LogP contribution >= 0.6 is 0 Å². The molecular weight excluding hydrogens is 346 g/mol. The first-order valence-corrected chi connectivity index (χ1v) is 9.97. The fourth-order valence-electron chi connectivity index (χ4n) is 3.95. The van der Waals surface area contributed by atoms with E-state index >= 15 is 0 Å². The Kier molecular flexibility index (Phi) is 5.70. The number of hydrogen-bond donors (Lipinski definition) is 1. The molecule has 1 fully saturated rings. The molecule has 0 saturated carbocycles. The molecule has 1 aliphatic heterocycles. The molecule has 0 bridgehead atoms. The molecule has 4 heteroatoms. The summed E-state index contributed by atoms with van der Waals surface area (Å²) in [5.74, 6) is 0.215. The van der Waals surface area contributed by atoms with Crippen LogP contribution in [0.5, 0.6) is 0 Å². The molecule has 1 aromatic heterocycles. The second-order valence-electron chi connectivity index (χ2n) is 7.48. The van der Waals surface area contributed by atoms with E-state index in [1.54, 1.807) is 0 Å². The van der Waals surface area contributed by atoms with E-state index in [-0.39, 0.29) is 5.78 Å². The summed E-state index contributed by atoms with van der Waals surface area (Å²) in [4.78, 5) is 21.0. The summed E-state index contributed by atoms with van der Waals surface area (Å²) < 4.78 is 0. The standard InChI is InChI=1S/C24H27N3O/c1-19-24(21-11-5-6-12-22(21)25-19)23(28)18-27-16-14-26(15-17-27)13-7-10-20-8-3-2-4-9-20/h2-12,25H,13-18H2,1H3. The fraction of sp³-hybridized carbons (Fsp3) is 0.292. The molecule has 0 atom stereocenters. The first-order chi connectivity index (χ1) is 13.7.